The molecule has 1 aliphatic heterocycles. The van der Waals surface area contributed by atoms with Gasteiger partial charge in [0.15, 0.2) is 0 Å². The number of aromatic hydroxyl groups is 1. The molecule has 3 aliphatic rings. The van der Waals surface area contributed by atoms with Crippen molar-refractivity contribution in [3.05, 3.63) is 134 Å². The first-order valence-corrected chi connectivity index (χ1v) is 24.3. The molecule has 4 amide bonds. The van der Waals surface area contributed by atoms with E-state index in [1.807, 2.05) is 69.3 Å². The monoisotopic (exact) mass is 1030 g/mol. The van der Waals surface area contributed by atoms with Gasteiger partial charge < -0.3 is 34.7 Å². The second-order valence-electron chi connectivity index (χ2n) is 20.0. The fourth-order valence-electron chi connectivity index (χ4n) is 8.75. The maximum absolute atomic E-state index is 14.5. The smallest absolute Gasteiger partial charge is 0.416 e. The molecule has 0 bridgehead atoms. The van der Waals surface area contributed by atoms with E-state index >= 15 is 0 Å². The van der Waals surface area contributed by atoms with Crippen molar-refractivity contribution in [2.24, 2.45) is 10.4 Å². The number of hydrogen-bond donors (Lipinski definition) is 4. The molecule has 2 aliphatic carbocycles. The quantitative estimate of drug-likeness (QED) is 0.0369. The van der Waals surface area contributed by atoms with Crippen molar-refractivity contribution in [1.29, 1.82) is 0 Å². The number of nitrogens with zero attached hydrogens (tertiary/aromatic N) is 3. The number of halogens is 2. The Morgan fingerprint density at radius 2 is 1.44 bits per heavy atom. The minimum Gasteiger partial charge on any atom is -0.506 e. The number of amides is 4. The van der Waals surface area contributed by atoms with Crippen LogP contribution in [0, 0.1) is 5.41 Å². The Bertz CT molecular complexity index is 3110. The van der Waals surface area contributed by atoms with E-state index in [0.29, 0.717) is 0 Å². The summed E-state index contributed by atoms with van der Waals surface area (Å²) in [6.07, 6.45) is -1.41. The van der Waals surface area contributed by atoms with Crippen molar-refractivity contribution in [2.45, 2.75) is 84.9 Å². The van der Waals surface area contributed by atoms with Crippen LogP contribution >= 0.6 is 23.2 Å². The molecule has 1 unspecified atom stereocenters. The molecule has 16 nitrogen and oxygen atoms in total. The molecule has 0 aromatic heterocycles. The SMILES string of the molecule is CN(C(=O)CC(C)(C)C)/C(=N\CCCC(NC(=O)OCC1c2ccccc2-c2ccccc21)C(=O)NCc1c(O)c(Cl)cc2c(-c3ccccc3C(=O)O)c3cc(Cl)c(=O)cc-3oc12)N(C)C(=O)OC(C)(C)C. The van der Waals surface area contributed by atoms with Crippen LogP contribution in [-0.4, -0.2) is 94.8 Å². The molecule has 73 heavy (non-hydrogen) atoms. The first kappa shape index (κ1) is 53.4. The van der Waals surface area contributed by atoms with Crippen LogP contribution in [0.4, 0.5) is 9.59 Å². The Hall–Kier alpha value is -7.43. The highest BCUT2D eigenvalue weighted by Crippen LogP contribution is 2.47. The Morgan fingerprint density at radius 3 is 2.05 bits per heavy atom. The number of rotatable bonds is 13. The Morgan fingerprint density at radius 1 is 0.822 bits per heavy atom. The van der Waals surface area contributed by atoms with Crippen LogP contribution in [0.2, 0.25) is 10.0 Å². The zero-order valence-electron chi connectivity index (χ0n) is 41.7. The fourth-order valence-corrected chi connectivity index (χ4v) is 9.13. The van der Waals surface area contributed by atoms with Crippen molar-refractivity contribution in [3.8, 4) is 39.3 Å². The third kappa shape index (κ3) is 12.1. The number of carbonyl (C=O) groups is 5. The highest BCUT2D eigenvalue weighted by molar-refractivity contribution is 6.33. The fraction of sp³-hybridized carbons (Fsp3) is 0.327. The van der Waals surface area contributed by atoms with Crippen molar-refractivity contribution >= 4 is 70.1 Å². The molecule has 1 atom stereocenters. The van der Waals surface area contributed by atoms with Crippen LogP contribution in [0.1, 0.15) is 93.8 Å². The van der Waals surface area contributed by atoms with Gasteiger partial charge in [0, 0.05) is 55.6 Å². The molecule has 7 rings (SSSR count). The summed E-state index contributed by atoms with van der Waals surface area (Å²) in [4.78, 5) is 87.5. The minimum absolute atomic E-state index is 0.00387. The second kappa shape index (κ2) is 21.7. The molecule has 0 radical (unpaired) electrons. The summed E-state index contributed by atoms with van der Waals surface area (Å²) in [5.41, 5.74) is 2.84. The van der Waals surface area contributed by atoms with Gasteiger partial charge in [-0.2, -0.15) is 0 Å². The van der Waals surface area contributed by atoms with Gasteiger partial charge in [0.05, 0.1) is 27.7 Å². The number of aliphatic imine (C=N–C) groups is 1. The standard InChI is InChI=1S/C55H57Cl2N5O11/c1-54(2,3)27-45(64)61(7)51(62(8)53(70)73-55(4,5)6)58-23-15-22-42(60-52(69)71-29-39-32-18-11-9-16-30(32)31-17-10-12-19-33(31)39)49(66)59-28-38-47(65)41(57)25-37-46(34-20-13-14-21-35(34)50(67)68)36-24-40(56)43(63)26-44(36)72-48(37)38/h9-14,16-21,24-26,39,42,65H,15,22-23,27-29H2,1-8H3,(H,59,66)(H,60,69)(H,67,68)/b58-51+. The molecule has 4 aromatic carbocycles. The zero-order chi connectivity index (χ0) is 53.1. The number of hydrogen-bond acceptors (Lipinski definition) is 11. The summed E-state index contributed by atoms with van der Waals surface area (Å²) < 4.78 is 17.7. The number of nitrogens with one attached hydrogen (secondary N) is 2. The van der Waals surface area contributed by atoms with Gasteiger partial charge in [-0.3, -0.25) is 29.2 Å². The van der Waals surface area contributed by atoms with Crippen LogP contribution in [0.15, 0.2) is 105 Å². The predicted octanol–water partition coefficient (Wildman–Crippen LogP) is 10.7. The lowest BCUT2D eigenvalue weighted by atomic mass is 9.90. The number of ether oxygens (including phenoxy) is 2. The number of guanidine groups is 1. The summed E-state index contributed by atoms with van der Waals surface area (Å²) in [6.45, 7) is 10.4. The number of fused-ring (bicyclic) bond motifs is 5. The van der Waals surface area contributed by atoms with Gasteiger partial charge in [0.1, 0.15) is 35.3 Å². The maximum Gasteiger partial charge on any atom is 0.416 e. The van der Waals surface area contributed by atoms with E-state index in [1.54, 1.807) is 39.0 Å². The zero-order valence-corrected chi connectivity index (χ0v) is 43.2. The maximum atomic E-state index is 14.5. The topological polar surface area (TPSA) is 217 Å². The largest absolute Gasteiger partial charge is 0.506 e. The van der Waals surface area contributed by atoms with Crippen molar-refractivity contribution in [1.82, 2.24) is 20.4 Å². The Balaban J connectivity index is 1.21. The average molecular weight is 1030 g/mol. The summed E-state index contributed by atoms with van der Waals surface area (Å²) in [6, 6.07) is 24.5. The first-order valence-electron chi connectivity index (χ1n) is 23.5. The lowest BCUT2D eigenvalue weighted by Gasteiger charge is -2.30. The summed E-state index contributed by atoms with van der Waals surface area (Å²) in [7, 11) is 2.95. The average Bonchev–Trinajstić information content (AvgIpc) is 3.64. The van der Waals surface area contributed by atoms with Crippen molar-refractivity contribution < 1.29 is 48.1 Å². The number of alkyl carbamates (subject to hydrolysis) is 1. The van der Waals surface area contributed by atoms with Crippen molar-refractivity contribution in [3.63, 3.8) is 0 Å². The number of aromatic carboxylic acids is 1. The van der Waals surface area contributed by atoms with Crippen LogP contribution < -0.4 is 16.1 Å². The van der Waals surface area contributed by atoms with Gasteiger partial charge in [0.2, 0.25) is 23.2 Å². The van der Waals surface area contributed by atoms with Crippen LogP contribution in [0.25, 0.3) is 44.5 Å². The molecule has 0 saturated heterocycles. The molecule has 1 heterocycles. The summed E-state index contributed by atoms with van der Waals surface area (Å²) >= 11 is 13.0. The third-order valence-electron chi connectivity index (χ3n) is 12.1. The number of benzene rings is 5. The third-order valence-corrected chi connectivity index (χ3v) is 12.7. The van der Waals surface area contributed by atoms with E-state index in [-0.39, 0.29) is 110 Å². The normalized spacial score (nSPS) is 13.0. The minimum atomic E-state index is -1.29. The van der Waals surface area contributed by atoms with Gasteiger partial charge in [-0.15, -0.1) is 0 Å². The number of carbonyl (C=O) groups excluding carboxylic acids is 4. The van der Waals surface area contributed by atoms with Gasteiger partial charge in [0.25, 0.3) is 0 Å². The van der Waals surface area contributed by atoms with Gasteiger partial charge >= 0.3 is 18.2 Å². The van der Waals surface area contributed by atoms with E-state index in [0.717, 1.165) is 33.2 Å². The van der Waals surface area contributed by atoms with Crippen LogP contribution in [0.3, 0.4) is 0 Å². The number of carboxylic acid groups (broad SMARTS) is 1. The highest BCUT2D eigenvalue weighted by atomic mass is 35.5. The molecule has 0 fully saturated rings. The molecular weight excluding hydrogens is 978 g/mol. The van der Waals surface area contributed by atoms with Crippen LogP contribution in [0.5, 0.6) is 5.75 Å². The first-order chi connectivity index (χ1) is 34.4. The van der Waals surface area contributed by atoms with E-state index in [9.17, 15) is 39.0 Å². The number of phenolic OH excluding ortho intramolecular Hbond substituents is 1. The molecule has 4 N–H and O–H groups in total. The number of carboxylic acids is 1. The lowest BCUT2D eigenvalue weighted by molar-refractivity contribution is -0.128. The van der Waals surface area contributed by atoms with Crippen molar-refractivity contribution in [2.75, 3.05) is 27.2 Å². The summed E-state index contributed by atoms with van der Waals surface area (Å²) in [5.74, 6) is -3.02. The predicted molar refractivity (Wildman–Crippen MR) is 279 cm³/mol. The van der Waals surface area contributed by atoms with Gasteiger partial charge in [-0.05, 0) is 85.0 Å². The van der Waals surface area contributed by atoms with E-state index in [1.165, 1.54) is 37.2 Å². The van der Waals surface area contributed by atoms with Gasteiger partial charge in [-0.1, -0.05) is 111 Å². The molecule has 0 saturated carbocycles. The van der Waals surface area contributed by atoms with Gasteiger partial charge in [-0.25, -0.2) is 14.4 Å². The number of phenols is 1. The van der Waals surface area contributed by atoms with E-state index in [4.69, 9.17) is 37.1 Å². The molecule has 4 aromatic rings. The molecule has 0 spiro atoms. The second-order valence-corrected chi connectivity index (χ2v) is 20.8. The van der Waals surface area contributed by atoms with E-state index in [2.05, 4.69) is 15.6 Å². The summed E-state index contributed by atoms with van der Waals surface area (Å²) in [5, 5.41) is 27.1. The van der Waals surface area contributed by atoms with Crippen LogP contribution in [-0.2, 0) is 25.6 Å². The molecule has 18 heteroatoms. The Labute approximate surface area is 432 Å². The highest BCUT2D eigenvalue weighted by Gasteiger charge is 2.33. The Kier molecular flexibility index (Phi) is 15.9. The van der Waals surface area contributed by atoms with E-state index < -0.39 is 53.4 Å². The lowest BCUT2D eigenvalue weighted by Crippen LogP contribution is -2.48. The molecule has 382 valence electrons. The molecular formula is C55H57Cl2N5O11.